The van der Waals surface area contributed by atoms with Crippen LogP contribution >= 0.6 is 11.3 Å². The van der Waals surface area contributed by atoms with Crippen LogP contribution in [0.5, 0.6) is 0 Å². The Morgan fingerprint density at radius 3 is 3.14 bits per heavy atom. The lowest BCUT2D eigenvalue weighted by atomic mass is 9.76. The first-order valence-electron chi connectivity index (χ1n) is 7.34. The number of aliphatic hydroxyl groups excluding tert-OH is 2. The van der Waals surface area contributed by atoms with Gasteiger partial charge in [-0.05, 0) is 18.4 Å². The predicted octanol–water partition coefficient (Wildman–Crippen LogP) is 0.923. The first-order valence-corrected chi connectivity index (χ1v) is 8.22. The molecule has 1 aromatic heterocycles. The maximum Gasteiger partial charge on any atom is 0.104 e. The largest absolute Gasteiger partial charge is 0.396 e. The van der Waals surface area contributed by atoms with Crippen LogP contribution in [-0.4, -0.2) is 54.6 Å². The summed E-state index contributed by atoms with van der Waals surface area (Å²) >= 11 is 1.71. The topological polar surface area (TPSA) is 52.9 Å². The second-order valence-corrected chi connectivity index (χ2v) is 6.99. The van der Waals surface area contributed by atoms with Gasteiger partial charge in [0.1, 0.15) is 6.61 Å². The number of thiophene rings is 1. The monoisotopic (exact) mass is 307 g/mol. The minimum Gasteiger partial charge on any atom is -0.396 e. The van der Waals surface area contributed by atoms with E-state index in [-0.39, 0.29) is 18.6 Å². The van der Waals surface area contributed by atoms with Gasteiger partial charge >= 0.3 is 0 Å². The van der Waals surface area contributed by atoms with Crippen LogP contribution < -0.4 is 0 Å². The molecule has 3 rings (SSSR count). The molecule has 0 amide bonds. The summed E-state index contributed by atoms with van der Waals surface area (Å²) in [5, 5.41) is 20.5. The predicted molar refractivity (Wildman–Crippen MR) is 82.0 cm³/mol. The molecule has 1 aromatic rings. The van der Waals surface area contributed by atoms with Crippen molar-refractivity contribution in [1.29, 1.82) is 0 Å². The first kappa shape index (κ1) is 15.0. The average Bonchev–Trinajstić information content (AvgIpc) is 3.09. The molecular formula is C16H21NO3S. The third kappa shape index (κ3) is 3.15. The molecule has 0 bridgehead atoms. The Hall–Kier alpha value is -0.900. The van der Waals surface area contributed by atoms with Crippen molar-refractivity contribution in [3.8, 4) is 11.8 Å². The molecule has 5 heteroatoms. The smallest absolute Gasteiger partial charge is 0.104 e. The number of nitrogens with zero attached hydrogens (tertiary/aromatic N) is 1. The Kier molecular flexibility index (Phi) is 4.63. The number of rotatable bonds is 3. The third-order valence-electron chi connectivity index (χ3n) is 4.54. The van der Waals surface area contributed by atoms with Crippen molar-refractivity contribution in [3.63, 3.8) is 0 Å². The molecule has 2 atom stereocenters. The number of fused-ring (bicyclic) bond motifs is 1. The van der Waals surface area contributed by atoms with Crippen molar-refractivity contribution in [2.75, 3.05) is 39.5 Å². The average molecular weight is 307 g/mol. The summed E-state index contributed by atoms with van der Waals surface area (Å²) in [4.78, 5) is 3.70. The molecule has 0 aromatic carbocycles. The van der Waals surface area contributed by atoms with E-state index in [1.54, 1.807) is 11.3 Å². The van der Waals surface area contributed by atoms with E-state index in [0.717, 1.165) is 38.2 Å². The van der Waals surface area contributed by atoms with Gasteiger partial charge in [0.15, 0.2) is 0 Å². The minimum absolute atomic E-state index is 0.0605. The van der Waals surface area contributed by atoms with E-state index in [9.17, 15) is 5.11 Å². The second kappa shape index (κ2) is 6.47. The Balaban J connectivity index is 1.65. The number of aliphatic hydroxyl groups is 2. The van der Waals surface area contributed by atoms with Gasteiger partial charge in [0, 0.05) is 47.5 Å². The molecule has 2 N–H and O–H groups in total. The van der Waals surface area contributed by atoms with E-state index < -0.39 is 0 Å². The summed E-state index contributed by atoms with van der Waals surface area (Å²) < 4.78 is 5.60. The van der Waals surface area contributed by atoms with Gasteiger partial charge in [-0.25, -0.2) is 0 Å². The van der Waals surface area contributed by atoms with Gasteiger partial charge in [-0.2, -0.15) is 0 Å². The van der Waals surface area contributed by atoms with Crippen LogP contribution in [0.4, 0.5) is 0 Å². The molecule has 3 heterocycles. The van der Waals surface area contributed by atoms with Crippen molar-refractivity contribution in [2.24, 2.45) is 11.3 Å². The Bertz CT molecular complexity index is 547. The molecular weight excluding hydrogens is 286 g/mol. The van der Waals surface area contributed by atoms with Gasteiger partial charge in [0.05, 0.1) is 13.2 Å². The van der Waals surface area contributed by atoms with Crippen LogP contribution in [0.25, 0.3) is 0 Å². The summed E-state index contributed by atoms with van der Waals surface area (Å²) in [6.07, 6.45) is 1.05. The van der Waals surface area contributed by atoms with E-state index in [1.165, 1.54) is 4.88 Å². The summed E-state index contributed by atoms with van der Waals surface area (Å²) in [5.74, 6) is 6.16. The summed E-state index contributed by atoms with van der Waals surface area (Å²) in [6, 6.07) is 2.09. The molecule has 0 unspecified atom stereocenters. The van der Waals surface area contributed by atoms with Crippen molar-refractivity contribution in [3.05, 3.63) is 21.9 Å². The van der Waals surface area contributed by atoms with Gasteiger partial charge < -0.3 is 14.9 Å². The third-order valence-corrected chi connectivity index (χ3v) is 5.46. The standard InChI is InChI=1S/C16H21NO3S/c18-4-1-2-13-6-15(21-9-13)8-17-7-14-3-5-20-12-16(14,10-17)11-19/h6,9,14,18-19H,3-5,7-8,10-12H2/t14-,16+/m0/s1. The zero-order valence-electron chi connectivity index (χ0n) is 12.0. The molecule has 2 aliphatic heterocycles. The molecule has 2 aliphatic rings. The molecule has 21 heavy (non-hydrogen) atoms. The maximum absolute atomic E-state index is 9.79. The van der Waals surface area contributed by atoms with E-state index in [2.05, 4.69) is 22.8 Å². The lowest BCUT2D eigenvalue weighted by Crippen LogP contribution is -2.42. The fourth-order valence-electron chi connectivity index (χ4n) is 3.44. The molecule has 2 saturated heterocycles. The number of hydrogen-bond donors (Lipinski definition) is 2. The van der Waals surface area contributed by atoms with E-state index in [4.69, 9.17) is 9.84 Å². The van der Waals surface area contributed by atoms with Crippen LogP contribution in [0.2, 0.25) is 0 Å². The molecule has 2 fully saturated rings. The highest BCUT2D eigenvalue weighted by molar-refractivity contribution is 7.10. The molecule has 0 aliphatic carbocycles. The van der Waals surface area contributed by atoms with Crippen molar-refractivity contribution in [1.82, 2.24) is 4.90 Å². The molecule has 4 nitrogen and oxygen atoms in total. The SMILES string of the molecule is OCC#Cc1csc(CN2C[C@@H]3CCOC[C@]3(CO)C2)c1. The van der Waals surface area contributed by atoms with Crippen LogP contribution in [0.15, 0.2) is 11.4 Å². The first-order chi connectivity index (χ1) is 10.3. The van der Waals surface area contributed by atoms with Gasteiger partial charge in [0.2, 0.25) is 0 Å². The maximum atomic E-state index is 9.79. The molecule has 0 radical (unpaired) electrons. The summed E-state index contributed by atoms with van der Waals surface area (Å²) in [5.41, 5.74) is 0.913. The zero-order chi connectivity index (χ0) is 14.7. The van der Waals surface area contributed by atoms with Crippen molar-refractivity contribution >= 4 is 11.3 Å². The van der Waals surface area contributed by atoms with E-state index >= 15 is 0 Å². The summed E-state index contributed by atoms with van der Waals surface area (Å²) in [7, 11) is 0. The minimum atomic E-state index is -0.0992. The van der Waals surface area contributed by atoms with Crippen LogP contribution in [0.1, 0.15) is 16.9 Å². The van der Waals surface area contributed by atoms with E-state index in [0.29, 0.717) is 12.5 Å². The summed E-state index contributed by atoms with van der Waals surface area (Å²) in [6.45, 7) is 4.47. The number of ether oxygens (including phenoxy) is 1. The Morgan fingerprint density at radius 2 is 2.38 bits per heavy atom. The lowest BCUT2D eigenvalue weighted by Gasteiger charge is -2.36. The number of hydrogen-bond acceptors (Lipinski definition) is 5. The van der Waals surface area contributed by atoms with Crippen molar-refractivity contribution in [2.45, 2.75) is 13.0 Å². The molecule has 114 valence electrons. The fourth-order valence-corrected chi connectivity index (χ4v) is 4.30. The highest BCUT2D eigenvalue weighted by atomic mass is 32.1. The van der Waals surface area contributed by atoms with Crippen LogP contribution in [-0.2, 0) is 11.3 Å². The van der Waals surface area contributed by atoms with E-state index in [1.807, 2.05) is 5.38 Å². The molecule has 0 spiro atoms. The van der Waals surface area contributed by atoms with Crippen LogP contribution in [0, 0.1) is 23.2 Å². The normalized spacial score (nSPS) is 29.0. The zero-order valence-corrected chi connectivity index (χ0v) is 12.9. The highest BCUT2D eigenvalue weighted by Crippen LogP contribution is 2.41. The van der Waals surface area contributed by atoms with Crippen LogP contribution in [0.3, 0.4) is 0 Å². The lowest BCUT2D eigenvalue weighted by molar-refractivity contribution is -0.0561. The molecule has 0 saturated carbocycles. The van der Waals surface area contributed by atoms with Gasteiger partial charge in [-0.3, -0.25) is 4.90 Å². The number of likely N-dealkylation sites (tertiary alicyclic amines) is 1. The van der Waals surface area contributed by atoms with Gasteiger partial charge in [-0.1, -0.05) is 11.8 Å². The second-order valence-electron chi connectivity index (χ2n) is 5.99. The van der Waals surface area contributed by atoms with Gasteiger partial charge in [0.25, 0.3) is 0 Å². The Labute approximate surface area is 129 Å². The fraction of sp³-hybridized carbons (Fsp3) is 0.625. The van der Waals surface area contributed by atoms with Gasteiger partial charge in [-0.15, -0.1) is 11.3 Å². The van der Waals surface area contributed by atoms with Crippen molar-refractivity contribution < 1.29 is 14.9 Å². The highest BCUT2D eigenvalue weighted by Gasteiger charge is 2.47. The Morgan fingerprint density at radius 1 is 1.48 bits per heavy atom. The quantitative estimate of drug-likeness (QED) is 0.816.